The van der Waals surface area contributed by atoms with Gasteiger partial charge in [0, 0.05) is 5.92 Å². The Labute approximate surface area is 106 Å². The third-order valence-electron chi connectivity index (χ3n) is 2.73. The monoisotopic (exact) mass is 248 g/mol. The lowest BCUT2D eigenvalue weighted by atomic mass is 10.1. The van der Waals surface area contributed by atoms with E-state index < -0.39 is 6.10 Å². The van der Waals surface area contributed by atoms with E-state index in [1.54, 1.807) is 25.1 Å². The summed E-state index contributed by atoms with van der Waals surface area (Å²) in [6, 6.07) is 5.27. The summed E-state index contributed by atoms with van der Waals surface area (Å²) in [4.78, 5) is 23.3. The van der Waals surface area contributed by atoms with E-state index in [1.807, 2.05) is 13.8 Å². The summed E-state index contributed by atoms with van der Waals surface area (Å²) < 4.78 is 5.46. The fourth-order valence-corrected chi connectivity index (χ4v) is 1.61. The molecular formula is C13H16N2O3. The summed E-state index contributed by atoms with van der Waals surface area (Å²) in [6.45, 7) is 5.29. The number of amides is 2. The number of para-hydroxylation sites is 1. The lowest BCUT2D eigenvalue weighted by Gasteiger charge is -2.25. The minimum Gasteiger partial charge on any atom is -0.479 e. The fraction of sp³-hybridized carbons (Fsp3) is 0.385. The van der Waals surface area contributed by atoms with E-state index in [9.17, 15) is 9.59 Å². The van der Waals surface area contributed by atoms with Gasteiger partial charge in [0.15, 0.2) is 6.10 Å². The number of ether oxygens (including phenoxy) is 1. The molecule has 0 aromatic heterocycles. The van der Waals surface area contributed by atoms with E-state index in [4.69, 9.17) is 4.74 Å². The van der Waals surface area contributed by atoms with Gasteiger partial charge in [-0.15, -0.1) is 0 Å². The van der Waals surface area contributed by atoms with E-state index >= 15 is 0 Å². The summed E-state index contributed by atoms with van der Waals surface area (Å²) in [5.74, 6) is 0.133. The zero-order valence-electron chi connectivity index (χ0n) is 10.6. The average molecular weight is 248 g/mol. The highest BCUT2D eigenvalue weighted by Crippen LogP contribution is 2.36. The second-order valence-corrected chi connectivity index (χ2v) is 4.57. The summed E-state index contributed by atoms with van der Waals surface area (Å²) >= 11 is 0. The Bertz CT molecular complexity index is 497. The lowest BCUT2D eigenvalue weighted by Crippen LogP contribution is -2.35. The molecule has 1 aliphatic rings. The zero-order chi connectivity index (χ0) is 13.3. The molecule has 0 bridgehead atoms. The van der Waals surface area contributed by atoms with Crippen LogP contribution in [0.15, 0.2) is 18.2 Å². The Morgan fingerprint density at radius 1 is 1.44 bits per heavy atom. The number of nitrogens with one attached hydrogen (secondary N) is 2. The van der Waals surface area contributed by atoms with Crippen LogP contribution in [-0.4, -0.2) is 17.9 Å². The largest absolute Gasteiger partial charge is 0.479 e. The number of fused-ring (bicyclic) bond motifs is 1. The van der Waals surface area contributed by atoms with Gasteiger partial charge in [-0.2, -0.15) is 0 Å². The maximum Gasteiger partial charge on any atom is 0.265 e. The van der Waals surface area contributed by atoms with Gasteiger partial charge in [0.2, 0.25) is 5.91 Å². The smallest absolute Gasteiger partial charge is 0.265 e. The number of hydrogen-bond donors (Lipinski definition) is 2. The zero-order valence-corrected chi connectivity index (χ0v) is 10.6. The molecule has 1 unspecified atom stereocenters. The highest BCUT2D eigenvalue weighted by atomic mass is 16.5. The van der Waals surface area contributed by atoms with E-state index in [-0.39, 0.29) is 17.7 Å². The number of benzene rings is 1. The second kappa shape index (κ2) is 4.68. The summed E-state index contributed by atoms with van der Waals surface area (Å²) in [7, 11) is 0. The van der Waals surface area contributed by atoms with Gasteiger partial charge in [-0.3, -0.25) is 9.59 Å². The van der Waals surface area contributed by atoms with Gasteiger partial charge < -0.3 is 15.4 Å². The molecule has 0 radical (unpaired) electrons. The lowest BCUT2D eigenvalue weighted by molar-refractivity contribution is -0.123. The first-order chi connectivity index (χ1) is 8.49. The van der Waals surface area contributed by atoms with Crippen LogP contribution in [0.4, 0.5) is 11.4 Å². The number of hydrogen-bond acceptors (Lipinski definition) is 3. The summed E-state index contributed by atoms with van der Waals surface area (Å²) in [5, 5.41) is 5.52. The fourth-order valence-electron chi connectivity index (χ4n) is 1.61. The van der Waals surface area contributed by atoms with Crippen LogP contribution in [0.5, 0.6) is 5.75 Å². The third-order valence-corrected chi connectivity index (χ3v) is 2.73. The van der Waals surface area contributed by atoms with Gasteiger partial charge >= 0.3 is 0 Å². The minimum absolute atomic E-state index is 0.101. The number of rotatable bonds is 2. The first-order valence-electron chi connectivity index (χ1n) is 5.90. The molecule has 0 saturated heterocycles. The van der Waals surface area contributed by atoms with Gasteiger partial charge in [-0.25, -0.2) is 0 Å². The van der Waals surface area contributed by atoms with Crippen molar-refractivity contribution >= 4 is 23.2 Å². The van der Waals surface area contributed by atoms with Gasteiger partial charge in [0.05, 0.1) is 5.69 Å². The Morgan fingerprint density at radius 2 is 2.17 bits per heavy atom. The molecule has 0 fully saturated rings. The normalized spacial score (nSPS) is 17.8. The Morgan fingerprint density at radius 3 is 2.83 bits per heavy atom. The molecule has 2 N–H and O–H groups in total. The molecule has 0 aliphatic carbocycles. The first-order valence-corrected chi connectivity index (χ1v) is 5.90. The molecule has 0 spiro atoms. The first kappa shape index (κ1) is 12.4. The molecule has 1 heterocycles. The highest BCUT2D eigenvalue weighted by molar-refractivity contribution is 6.04. The van der Waals surface area contributed by atoms with E-state index in [0.717, 1.165) is 0 Å². The molecule has 1 aromatic rings. The highest BCUT2D eigenvalue weighted by Gasteiger charge is 2.26. The van der Waals surface area contributed by atoms with Crippen LogP contribution in [0, 0.1) is 5.92 Å². The van der Waals surface area contributed by atoms with E-state index in [0.29, 0.717) is 17.1 Å². The molecule has 1 atom stereocenters. The predicted molar refractivity (Wildman–Crippen MR) is 68.6 cm³/mol. The topological polar surface area (TPSA) is 67.4 Å². The predicted octanol–water partition coefficient (Wildman–Crippen LogP) is 2.00. The van der Waals surface area contributed by atoms with Crippen molar-refractivity contribution in [3.05, 3.63) is 18.2 Å². The van der Waals surface area contributed by atoms with Crippen LogP contribution in [0.2, 0.25) is 0 Å². The Balaban J connectivity index is 2.31. The van der Waals surface area contributed by atoms with Crippen molar-refractivity contribution in [1.29, 1.82) is 0 Å². The van der Waals surface area contributed by atoms with Crippen molar-refractivity contribution < 1.29 is 14.3 Å². The van der Waals surface area contributed by atoms with Crippen molar-refractivity contribution in [3.8, 4) is 5.75 Å². The molecular weight excluding hydrogens is 232 g/mol. The van der Waals surface area contributed by atoms with Crippen LogP contribution in [0.1, 0.15) is 20.8 Å². The van der Waals surface area contributed by atoms with Gasteiger partial charge in [-0.1, -0.05) is 19.9 Å². The number of carbonyl (C=O) groups excluding carboxylic acids is 2. The molecule has 96 valence electrons. The maximum atomic E-state index is 11.7. The summed E-state index contributed by atoms with van der Waals surface area (Å²) in [6.07, 6.45) is -0.520. The van der Waals surface area contributed by atoms with E-state index in [2.05, 4.69) is 10.6 Å². The van der Waals surface area contributed by atoms with E-state index in [1.165, 1.54) is 0 Å². The number of carbonyl (C=O) groups is 2. The van der Waals surface area contributed by atoms with Crippen molar-refractivity contribution in [3.63, 3.8) is 0 Å². The van der Waals surface area contributed by atoms with Crippen LogP contribution >= 0.6 is 0 Å². The van der Waals surface area contributed by atoms with Crippen LogP contribution in [-0.2, 0) is 9.59 Å². The molecule has 2 rings (SSSR count). The molecule has 5 heteroatoms. The minimum atomic E-state index is -0.520. The second-order valence-electron chi connectivity index (χ2n) is 4.57. The Kier molecular flexibility index (Phi) is 3.23. The molecule has 5 nitrogen and oxygen atoms in total. The van der Waals surface area contributed by atoms with Gasteiger partial charge in [0.25, 0.3) is 5.91 Å². The van der Waals surface area contributed by atoms with Crippen LogP contribution in [0.3, 0.4) is 0 Å². The number of anilines is 2. The average Bonchev–Trinajstić information content (AvgIpc) is 2.31. The molecule has 2 amide bonds. The Hall–Kier alpha value is -2.04. The maximum absolute atomic E-state index is 11.7. The molecule has 0 saturated carbocycles. The van der Waals surface area contributed by atoms with Crippen molar-refractivity contribution in [1.82, 2.24) is 0 Å². The van der Waals surface area contributed by atoms with Crippen molar-refractivity contribution in [2.45, 2.75) is 26.9 Å². The van der Waals surface area contributed by atoms with Crippen LogP contribution < -0.4 is 15.4 Å². The van der Waals surface area contributed by atoms with Crippen molar-refractivity contribution in [2.75, 3.05) is 10.6 Å². The SMILES string of the molecule is CC(C)C(=O)Nc1cccc2c1NC(=O)C(C)O2. The molecule has 18 heavy (non-hydrogen) atoms. The third kappa shape index (κ3) is 2.30. The molecule has 1 aliphatic heterocycles. The molecule has 1 aromatic carbocycles. The standard InChI is InChI=1S/C13H16N2O3/c1-7(2)12(16)14-9-5-4-6-10-11(9)15-13(17)8(3)18-10/h4-8H,1-3H3,(H,14,16)(H,15,17). The van der Waals surface area contributed by atoms with Crippen molar-refractivity contribution in [2.24, 2.45) is 5.92 Å². The van der Waals surface area contributed by atoms with Gasteiger partial charge in [-0.05, 0) is 19.1 Å². The summed E-state index contributed by atoms with van der Waals surface area (Å²) in [5.41, 5.74) is 1.08. The quantitative estimate of drug-likeness (QED) is 0.841. The van der Waals surface area contributed by atoms with Gasteiger partial charge in [0.1, 0.15) is 11.4 Å². The van der Waals surface area contributed by atoms with Crippen LogP contribution in [0.25, 0.3) is 0 Å².